The molecule has 0 aliphatic rings. The Bertz CT molecular complexity index is 433. The molecular formula is C10H14BrN3O2S. The number of amidine groups is 1. The molecule has 0 spiro atoms. The highest BCUT2D eigenvalue weighted by Gasteiger charge is 2.17. The fourth-order valence-electron chi connectivity index (χ4n) is 1.33. The van der Waals surface area contributed by atoms with Gasteiger partial charge in [0.15, 0.2) is 0 Å². The first-order valence-electron chi connectivity index (χ1n) is 4.92. The van der Waals surface area contributed by atoms with E-state index in [1.54, 1.807) is 30.3 Å². The molecule has 94 valence electrons. The van der Waals surface area contributed by atoms with Gasteiger partial charge < -0.3 is 15.8 Å². The highest BCUT2D eigenvalue weighted by atomic mass is 79.9. The van der Waals surface area contributed by atoms with Crippen molar-refractivity contribution in [2.75, 3.05) is 13.6 Å². The van der Waals surface area contributed by atoms with Gasteiger partial charge in [-0.1, -0.05) is 12.1 Å². The zero-order valence-electron chi connectivity index (χ0n) is 9.55. The third-order valence-corrected chi connectivity index (χ3v) is 3.83. The number of carbonyl (C=O) groups excluding carboxylic acids is 1. The molecule has 0 aromatic carbocycles. The minimum atomic E-state index is -0.184. The summed E-state index contributed by atoms with van der Waals surface area (Å²) < 4.78 is 0.915. The van der Waals surface area contributed by atoms with E-state index in [1.807, 2.05) is 0 Å². The van der Waals surface area contributed by atoms with Crippen molar-refractivity contribution < 1.29 is 10.0 Å². The first-order chi connectivity index (χ1) is 7.95. The lowest BCUT2D eigenvalue weighted by Gasteiger charge is -2.20. The fourth-order valence-corrected chi connectivity index (χ4v) is 2.46. The second-order valence-electron chi connectivity index (χ2n) is 3.75. The predicted octanol–water partition coefficient (Wildman–Crippen LogP) is 1.97. The molecule has 0 bridgehead atoms. The summed E-state index contributed by atoms with van der Waals surface area (Å²) in [6, 6.07) is 1.78. The van der Waals surface area contributed by atoms with E-state index in [-0.39, 0.29) is 17.7 Å². The van der Waals surface area contributed by atoms with Crippen molar-refractivity contribution in [3.05, 3.63) is 20.8 Å². The van der Waals surface area contributed by atoms with Crippen LogP contribution in [0.2, 0.25) is 0 Å². The van der Waals surface area contributed by atoms with Crippen molar-refractivity contribution >= 4 is 39.0 Å². The van der Waals surface area contributed by atoms with Gasteiger partial charge in [-0.3, -0.25) is 4.79 Å². The summed E-state index contributed by atoms with van der Waals surface area (Å²) in [5.74, 6) is -0.142. The molecular weight excluding hydrogens is 306 g/mol. The van der Waals surface area contributed by atoms with Crippen molar-refractivity contribution in [1.29, 1.82) is 0 Å². The second kappa shape index (κ2) is 6.02. The molecule has 1 aromatic rings. The molecule has 5 nitrogen and oxygen atoms in total. The lowest BCUT2D eigenvalue weighted by atomic mass is 10.1. The van der Waals surface area contributed by atoms with E-state index >= 15 is 0 Å². The third kappa shape index (κ3) is 3.71. The van der Waals surface area contributed by atoms with E-state index in [4.69, 9.17) is 10.9 Å². The minimum absolute atomic E-state index is 0.0791. The maximum absolute atomic E-state index is 12.0. The minimum Gasteiger partial charge on any atom is -0.409 e. The monoisotopic (exact) mass is 319 g/mol. The number of amides is 1. The highest BCUT2D eigenvalue weighted by molar-refractivity contribution is 9.11. The van der Waals surface area contributed by atoms with E-state index in [0.717, 1.165) is 3.79 Å². The van der Waals surface area contributed by atoms with Crippen LogP contribution in [-0.2, 0) is 0 Å². The summed E-state index contributed by atoms with van der Waals surface area (Å²) in [5.41, 5.74) is 6.10. The first kappa shape index (κ1) is 14.0. The van der Waals surface area contributed by atoms with Gasteiger partial charge in [-0.2, -0.15) is 0 Å². The van der Waals surface area contributed by atoms with Crippen molar-refractivity contribution in [3.63, 3.8) is 0 Å². The fraction of sp³-hybridized carbons (Fsp3) is 0.400. The van der Waals surface area contributed by atoms with E-state index in [2.05, 4.69) is 21.1 Å². The van der Waals surface area contributed by atoms with E-state index in [1.165, 1.54) is 11.3 Å². The molecule has 1 heterocycles. The van der Waals surface area contributed by atoms with Crippen LogP contribution < -0.4 is 5.73 Å². The Balaban J connectivity index is 2.65. The SMILES string of the molecule is CC(CN(C)C(=O)c1csc(Br)c1)C(N)=NO. The average Bonchev–Trinajstić information content (AvgIpc) is 2.73. The molecule has 1 unspecified atom stereocenters. The smallest absolute Gasteiger partial charge is 0.254 e. The number of nitrogens with two attached hydrogens (primary N) is 1. The normalized spacial score (nSPS) is 13.5. The maximum Gasteiger partial charge on any atom is 0.254 e. The molecule has 1 rings (SSSR count). The average molecular weight is 320 g/mol. The Labute approximate surface area is 112 Å². The van der Waals surface area contributed by atoms with Gasteiger partial charge in [0.1, 0.15) is 5.84 Å². The van der Waals surface area contributed by atoms with Gasteiger partial charge in [-0.05, 0) is 22.0 Å². The molecule has 0 aliphatic carbocycles. The number of halogens is 1. The van der Waals surface area contributed by atoms with Gasteiger partial charge in [0.25, 0.3) is 5.91 Å². The topological polar surface area (TPSA) is 78.9 Å². The predicted molar refractivity (Wildman–Crippen MR) is 71.6 cm³/mol. The first-order valence-corrected chi connectivity index (χ1v) is 6.60. The summed E-state index contributed by atoms with van der Waals surface area (Å²) in [6.07, 6.45) is 0. The quantitative estimate of drug-likeness (QED) is 0.385. The molecule has 1 atom stereocenters. The van der Waals surface area contributed by atoms with Crippen LogP contribution in [0.25, 0.3) is 0 Å². The Morgan fingerprint density at radius 2 is 2.41 bits per heavy atom. The Kier molecular flexibility index (Phi) is 4.95. The van der Waals surface area contributed by atoms with Gasteiger partial charge in [0.2, 0.25) is 0 Å². The van der Waals surface area contributed by atoms with Gasteiger partial charge in [-0.15, -0.1) is 11.3 Å². The van der Waals surface area contributed by atoms with Crippen molar-refractivity contribution in [2.24, 2.45) is 16.8 Å². The second-order valence-corrected chi connectivity index (χ2v) is 6.04. The summed E-state index contributed by atoms with van der Waals surface area (Å²) in [5, 5.41) is 13.2. The van der Waals surface area contributed by atoms with Crippen LogP contribution in [0, 0.1) is 5.92 Å². The molecule has 1 aromatic heterocycles. The maximum atomic E-state index is 12.0. The van der Waals surface area contributed by atoms with E-state index in [9.17, 15) is 4.79 Å². The van der Waals surface area contributed by atoms with Crippen LogP contribution in [0.1, 0.15) is 17.3 Å². The Hall–Kier alpha value is -1.08. The number of hydrogen-bond acceptors (Lipinski definition) is 4. The molecule has 0 saturated heterocycles. The summed E-state index contributed by atoms with van der Waals surface area (Å²) in [4.78, 5) is 13.5. The van der Waals surface area contributed by atoms with Crippen LogP contribution >= 0.6 is 27.3 Å². The number of nitrogens with zero attached hydrogens (tertiary/aromatic N) is 2. The molecule has 0 aliphatic heterocycles. The number of hydrogen-bond donors (Lipinski definition) is 2. The van der Waals surface area contributed by atoms with Crippen LogP contribution in [0.5, 0.6) is 0 Å². The molecule has 7 heteroatoms. The summed E-state index contributed by atoms with van der Waals surface area (Å²) >= 11 is 4.77. The van der Waals surface area contributed by atoms with Crippen LogP contribution in [0.3, 0.4) is 0 Å². The molecule has 1 amide bonds. The van der Waals surface area contributed by atoms with Gasteiger partial charge >= 0.3 is 0 Å². The number of thiophene rings is 1. The molecule has 3 N–H and O–H groups in total. The molecule has 0 fully saturated rings. The lowest BCUT2D eigenvalue weighted by Crippen LogP contribution is -2.36. The Morgan fingerprint density at radius 3 is 2.88 bits per heavy atom. The third-order valence-electron chi connectivity index (χ3n) is 2.33. The van der Waals surface area contributed by atoms with Crippen molar-refractivity contribution in [3.8, 4) is 0 Å². The lowest BCUT2D eigenvalue weighted by molar-refractivity contribution is 0.0786. The van der Waals surface area contributed by atoms with E-state index < -0.39 is 0 Å². The number of rotatable bonds is 4. The standard InChI is InChI=1S/C10H14BrN3O2S/c1-6(9(12)13-16)4-14(2)10(15)7-3-8(11)17-5-7/h3,5-6,16H,4H2,1-2H3,(H2,12,13). The van der Waals surface area contributed by atoms with Crippen LogP contribution in [-0.4, -0.2) is 35.4 Å². The summed E-state index contributed by atoms with van der Waals surface area (Å²) in [7, 11) is 1.69. The van der Waals surface area contributed by atoms with Gasteiger partial charge in [0.05, 0.1) is 9.35 Å². The molecule has 0 saturated carbocycles. The zero-order chi connectivity index (χ0) is 13.0. The zero-order valence-corrected chi connectivity index (χ0v) is 12.0. The van der Waals surface area contributed by atoms with Crippen LogP contribution in [0.4, 0.5) is 0 Å². The van der Waals surface area contributed by atoms with Crippen molar-refractivity contribution in [2.45, 2.75) is 6.92 Å². The molecule has 17 heavy (non-hydrogen) atoms. The van der Waals surface area contributed by atoms with Crippen LogP contribution in [0.15, 0.2) is 20.4 Å². The largest absolute Gasteiger partial charge is 0.409 e. The van der Waals surface area contributed by atoms with E-state index in [0.29, 0.717) is 12.1 Å². The number of carbonyl (C=O) groups is 1. The van der Waals surface area contributed by atoms with Crippen molar-refractivity contribution in [1.82, 2.24) is 4.90 Å². The highest BCUT2D eigenvalue weighted by Crippen LogP contribution is 2.21. The molecule has 0 radical (unpaired) electrons. The Morgan fingerprint density at radius 1 is 1.76 bits per heavy atom. The summed E-state index contributed by atoms with van der Waals surface area (Å²) in [6.45, 7) is 2.20. The van der Waals surface area contributed by atoms with Gasteiger partial charge in [0, 0.05) is 24.9 Å². The number of oxime groups is 1. The van der Waals surface area contributed by atoms with Gasteiger partial charge in [-0.25, -0.2) is 0 Å².